The summed E-state index contributed by atoms with van der Waals surface area (Å²) in [6.07, 6.45) is 3.63. The number of carbonyl (C=O) groups excluding carboxylic acids is 1. The molecule has 3 heteroatoms. The lowest BCUT2D eigenvalue weighted by Gasteiger charge is -2.25. The van der Waals surface area contributed by atoms with Gasteiger partial charge in [-0.25, -0.2) is 0 Å². The van der Waals surface area contributed by atoms with Crippen LogP contribution < -0.4 is 5.73 Å². The summed E-state index contributed by atoms with van der Waals surface area (Å²) in [5, 5.41) is 0. The van der Waals surface area contributed by atoms with Crippen LogP contribution in [0.15, 0.2) is 24.3 Å². The van der Waals surface area contributed by atoms with E-state index in [4.69, 9.17) is 10.5 Å². The van der Waals surface area contributed by atoms with Gasteiger partial charge in [-0.15, -0.1) is 0 Å². The normalized spacial score (nSPS) is 15.7. The highest BCUT2D eigenvalue weighted by molar-refractivity contribution is 5.75. The summed E-state index contributed by atoms with van der Waals surface area (Å²) >= 11 is 0. The Hall–Kier alpha value is -1.51. The number of anilines is 1. The van der Waals surface area contributed by atoms with Crippen molar-refractivity contribution < 1.29 is 9.53 Å². The third-order valence-electron chi connectivity index (χ3n) is 2.74. The minimum absolute atomic E-state index is 0.155. The van der Waals surface area contributed by atoms with Crippen LogP contribution >= 0.6 is 0 Å². The molecule has 0 heterocycles. The van der Waals surface area contributed by atoms with E-state index in [1.807, 2.05) is 18.2 Å². The molecule has 0 aliphatic heterocycles. The van der Waals surface area contributed by atoms with Crippen molar-refractivity contribution in [2.45, 2.75) is 31.8 Å². The predicted octanol–water partition coefficient (Wildman–Crippen LogP) is 1.91. The number of hydrogen-bond donors (Lipinski definition) is 1. The Morgan fingerprint density at radius 1 is 1.40 bits per heavy atom. The van der Waals surface area contributed by atoms with Crippen molar-refractivity contribution in [3.63, 3.8) is 0 Å². The Bertz CT molecular complexity index is 358. The first kappa shape index (κ1) is 10.0. The van der Waals surface area contributed by atoms with Crippen LogP contribution in [0.4, 0.5) is 5.69 Å². The molecule has 80 valence electrons. The van der Waals surface area contributed by atoms with E-state index >= 15 is 0 Å². The number of rotatable bonds is 3. The van der Waals surface area contributed by atoms with Gasteiger partial charge in [-0.3, -0.25) is 4.79 Å². The lowest BCUT2D eigenvalue weighted by Crippen LogP contribution is -2.26. The zero-order valence-electron chi connectivity index (χ0n) is 8.61. The summed E-state index contributed by atoms with van der Waals surface area (Å²) in [6.45, 7) is 0. The summed E-state index contributed by atoms with van der Waals surface area (Å²) in [6, 6.07) is 7.39. The number of hydrogen-bond acceptors (Lipinski definition) is 3. The summed E-state index contributed by atoms with van der Waals surface area (Å²) < 4.78 is 5.25. The SMILES string of the molecule is Nc1ccccc1CC(=O)OC1CCC1. The van der Waals surface area contributed by atoms with Crippen LogP contribution in [0.25, 0.3) is 0 Å². The molecule has 1 aliphatic rings. The quantitative estimate of drug-likeness (QED) is 0.605. The van der Waals surface area contributed by atoms with E-state index in [0.29, 0.717) is 5.69 Å². The van der Waals surface area contributed by atoms with Crippen molar-refractivity contribution in [1.82, 2.24) is 0 Å². The molecule has 0 aromatic heterocycles. The largest absolute Gasteiger partial charge is 0.462 e. The molecule has 0 amide bonds. The van der Waals surface area contributed by atoms with Gasteiger partial charge in [0.15, 0.2) is 0 Å². The Labute approximate surface area is 89.2 Å². The summed E-state index contributed by atoms with van der Waals surface area (Å²) in [7, 11) is 0. The van der Waals surface area contributed by atoms with Crippen molar-refractivity contribution in [3.05, 3.63) is 29.8 Å². The molecule has 1 saturated carbocycles. The van der Waals surface area contributed by atoms with Gasteiger partial charge in [0.25, 0.3) is 0 Å². The molecule has 1 aromatic rings. The molecule has 0 radical (unpaired) electrons. The van der Waals surface area contributed by atoms with E-state index in [9.17, 15) is 4.79 Å². The van der Waals surface area contributed by atoms with Crippen LogP contribution in [0.2, 0.25) is 0 Å². The Balaban J connectivity index is 1.90. The zero-order valence-corrected chi connectivity index (χ0v) is 8.61. The smallest absolute Gasteiger partial charge is 0.310 e. The van der Waals surface area contributed by atoms with Crippen molar-refractivity contribution >= 4 is 11.7 Å². The van der Waals surface area contributed by atoms with Crippen LogP contribution in [-0.4, -0.2) is 12.1 Å². The molecule has 2 rings (SSSR count). The zero-order chi connectivity index (χ0) is 10.7. The molecular formula is C12H15NO2. The van der Waals surface area contributed by atoms with E-state index in [-0.39, 0.29) is 18.5 Å². The fourth-order valence-electron chi connectivity index (χ4n) is 1.57. The van der Waals surface area contributed by atoms with Crippen molar-refractivity contribution in [3.8, 4) is 0 Å². The van der Waals surface area contributed by atoms with Gasteiger partial charge in [-0.1, -0.05) is 18.2 Å². The van der Waals surface area contributed by atoms with Crippen LogP contribution in [0.5, 0.6) is 0 Å². The second-order valence-corrected chi connectivity index (χ2v) is 3.92. The summed E-state index contributed by atoms with van der Waals surface area (Å²) in [5.74, 6) is -0.169. The molecule has 1 aromatic carbocycles. The predicted molar refractivity (Wildman–Crippen MR) is 58.3 cm³/mol. The first-order valence-electron chi connectivity index (χ1n) is 5.28. The molecule has 1 aliphatic carbocycles. The number of ether oxygens (including phenoxy) is 1. The topological polar surface area (TPSA) is 52.3 Å². The van der Waals surface area contributed by atoms with Gasteiger partial charge in [0, 0.05) is 5.69 Å². The average molecular weight is 205 g/mol. The number of benzene rings is 1. The number of nitrogens with two attached hydrogens (primary N) is 1. The first-order chi connectivity index (χ1) is 7.25. The third kappa shape index (κ3) is 2.49. The standard InChI is InChI=1S/C12H15NO2/c13-11-7-2-1-4-9(11)8-12(14)15-10-5-3-6-10/h1-2,4,7,10H,3,5-6,8,13H2. The molecule has 0 saturated heterocycles. The second-order valence-electron chi connectivity index (χ2n) is 3.92. The van der Waals surface area contributed by atoms with Crippen molar-refractivity contribution in [2.24, 2.45) is 0 Å². The van der Waals surface area contributed by atoms with Crippen molar-refractivity contribution in [2.75, 3.05) is 5.73 Å². The third-order valence-corrected chi connectivity index (χ3v) is 2.74. The second kappa shape index (κ2) is 4.34. The Morgan fingerprint density at radius 3 is 2.73 bits per heavy atom. The van der Waals surface area contributed by atoms with Gasteiger partial charge in [-0.2, -0.15) is 0 Å². The molecule has 15 heavy (non-hydrogen) atoms. The minimum atomic E-state index is -0.169. The summed E-state index contributed by atoms with van der Waals surface area (Å²) in [4.78, 5) is 11.5. The Morgan fingerprint density at radius 2 is 2.13 bits per heavy atom. The maximum atomic E-state index is 11.5. The average Bonchev–Trinajstić information content (AvgIpc) is 2.16. The highest BCUT2D eigenvalue weighted by atomic mass is 16.5. The van der Waals surface area contributed by atoms with Crippen LogP contribution in [-0.2, 0) is 16.0 Å². The monoisotopic (exact) mass is 205 g/mol. The van der Waals surface area contributed by atoms with Crippen LogP contribution in [0.1, 0.15) is 24.8 Å². The van der Waals surface area contributed by atoms with Gasteiger partial charge < -0.3 is 10.5 Å². The molecule has 0 spiro atoms. The van der Waals surface area contributed by atoms with Crippen LogP contribution in [0, 0.1) is 0 Å². The van der Waals surface area contributed by atoms with Gasteiger partial charge in [0.2, 0.25) is 0 Å². The Kier molecular flexibility index (Phi) is 2.90. The van der Waals surface area contributed by atoms with E-state index < -0.39 is 0 Å². The fraction of sp³-hybridized carbons (Fsp3) is 0.417. The number of carbonyl (C=O) groups is 1. The molecular weight excluding hydrogens is 190 g/mol. The van der Waals surface area contributed by atoms with E-state index in [0.717, 1.165) is 18.4 Å². The highest BCUT2D eigenvalue weighted by Gasteiger charge is 2.21. The highest BCUT2D eigenvalue weighted by Crippen LogP contribution is 2.22. The van der Waals surface area contributed by atoms with Gasteiger partial charge >= 0.3 is 5.97 Å². The van der Waals surface area contributed by atoms with Crippen LogP contribution in [0.3, 0.4) is 0 Å². The maximum absolute atomic E-state index is 11.5. The lowest BCUT2D eigenvalue weighted by atomic mass is 9.96. The maximum Gasteiger partial charge on any atom is 0.310 e. The van der Waals surface area contributed by atoms with Gasteiger partial charge in [0.05, 0.1) is 6.42 Å². The number of nitrogen functional groups attached to an aromatic ring is 1. The number of para-hydroxylation sites is 1. The molecule has 3 nitrogen and oxygen atoms in total. The lowest BCUT2D eigenvalue weighted by molar-refractivity contribution is -0.152. The van der Waals surface area contributed by atoms with E-state index in [2.05, 4.69) is 0 Å². The minimum Gasteiger partial charge on any atom is -0.462 e. The first-order valence-corrected chi connectivity index (χ1v) is 5.28. The van der Waals surface area contributed by atoms with E-state index in [1.165, 1.54) is 6.42 Å². The molecule has 1 fully saturated rings. The van der Waals surface area contributed by atoms with E-state index in [1.54, 1.807) is 6.07 Å². The summed E-state index contributed by atoms with van der Waals surface area (Å²) in [5.41, 5.74) is 7.24. The number of esters is 1. The van der Waals surface area contributed by atoms with Gasteiger partial charge in [-0.05, 0) is 30.9 Å². The molecule has 0 bridgehead atoms. The molecule has 2 N–H and O–H groups in total. The fourth-order valence-corrected chi connectivity index (χ4v) is 1.57. The molecule has 0 atom stereocenters. The van der Waals surface area contributed by atoms with Crippen molar-refractivity contribution in [1.29, 1.82) is 0 Å². The molecule has 0 unspecified atom stereocenters. The van der Waals surface area contributed by atoms with Gasteiger partial charge in [0.1, 0.15) is 6.10 Å².